The standard InChI is InChI=1S/C39H26N2/c1-25-16-17-28-23-36(31-15-9-8-14-30(31)34(28)22-25)37-24-35(27-12-6-3-7-13-27)33-19-18-32-29(26-10-4-2-5-11-26)20-21-40-38(32)39(33)41-37/h2-24H,1H3. The van der Waals surface area contributed by atoms with E-state index < -0.39 is 0 Å². The number of aryl methyl sites for hydroxylation is 1. The first-order chi connectivity index (χ1) is 20.2. The first kappa shape index (κ1) is 23.5. The molecule has 0 amide bonds. The van der Waals surface area contributed by atoms with Gasteiger partial charge in [-0.15, -0.1) is 0 Å². The van der Waals surface area contributed by atoms with Gasteiger partial charge in [0.25, 0.3) is 0 Å². The van der Waals surface area contributed by atoms with Crippen LogP contribution < -0.4 is 0 Å². The smallest absolute Gasteiger partial charge is 0.0978 e. The Morgan fingerprint density at radius 3 is 1.85 bits per heavy atom. The van der Waals surface area contributed by atoms with Gasteiger partial charge >= 0.3 is 0 Å². The maximum atomic E-state index is 5.41. The summed E-state index contributed by atoms with van der Waals surface area (Å²) in [6.45, 7) is 2.15. The van der Waals surface area contributed by atoms with Crippen LogP contribution in [0.15, 0.2) is 140 Å². The molecule has 0 fully saturated rings. The van der Waals surface area contributed by atoms with Crippen LogP contribution in [-0.2, 0) is 0 Å². The fourth-order valence-electron chi connectivity index (χ4n) is 6.19. The summed E-state index contributed by atoms with van der Waals surface area (Å²) < 4.78 is 0. The SMILES string of the molecule is Cc1ccc2cc(-c3cc(-c4ccccc4)c4ccc5c(-c6ccccc6)ccnc5c4n3)c3ccccc3c2c1. The lowest BCUT2D eigenvalue weighted by Gasteiger charge is -2.16. The van der Waals surface area contributed by atoms with Crippen molar-refractivity contribution >= 4 is 43.4 Å². The maximum Gasteiger partial charge on any atom is 0.0978 e. The van der Waals surface area contributed by atoms with E-state index in [-0.39, 0.29) is 0 Å². The Labute approximate surface area is 238 Å². The van der Waals surface area contributed by atoms with Gasteiger partial charge in [-0.1, -0.05) is 121 Å². The van der Waals surface area contributed by atoms with Crippen LogP contribution in [0.3, 0.4) is 0 Å². The minimum absolute atomic E-state index is 0.920. The fraction of sp³-hybridized carbons (Fsp3) is 0.0256. The number of pyridine rings is 2. The molecule has 0 bridgehead atoms. The molecule has 192 valence electrons. The molecule has 6 aromatic carbocycles. The summed E-state index contributed by atoms with van der Waals surface area (Å²) in [5.74, 6) is 0. The lowest BCUT2D eigenvalue weighted by molar-refractivity contribution is 1.37. The number of fused-ring (bicyclic) bond motifs is 6. The van der Waals surface area contributed by atoms with Crippen LogP contribution in [0.25, 0.3) is 76.9 Å². The number of benzene rings is 6. The zero-order valence-corrected chi connectivity index (χ0v) is 22.7. The zero-order valence-electron chi connectivity index (χ0n) is 22.7. The van der Waals surface area contributed by atoms with E-state index in [1.165, 1.54) is 38.2 Å². The van der Waals surface area contributed by atoms with Crippen molar-refractivity contribution in [2.75, 3.05) is 0 Å². The Balaban J connectivity index is 1.50. The minimum Gasteiger partial charge on any atom is -0.254 e. The van der Waals surface area contributed by atoms with Crippen LogP contribution in [-0.4, -0.2) is 9.97 Å². The number of nitrogens with zero attached hydrogens (tertiary/aromatic N) is 2. The molecule has 2 heterocycles. The van der Waals surface area contributed by atoms with E-state index in [4.69, 9.17) is 9.97 Å². The van der Waals surface area contributed by atoms with E-state index in [0.29, 0.717) is 0 Å². The molecule has 8 aromatic rings. The Morgan fingerprint density at radius 1 is 0.439 bits per heavy atom. The normalized spacial score (nSPS) is 11.5. The molecule has 0 aliphatic carbocycles. The fourth-order valence-corrected chi connectivity index (χ4v) is 6.19. The van der Waals surface area contributed by atoms with E-state index in [1.807, 2.05) is 6.20 Å². The molecule has 41 heavy (non-hydrogen) atoms. The third-order valence-electron chi connectivity index (χ3n) is 8.15. The largest absolute Gasteiger partial charge is 0.254 e. The Morgan fingerprint density at radius 2 is 1.10 bits per heavy atom. The summed E-state index contributed by atoms with van der Waals surface area (Å²) >= 11 is 0. The molecule has 2 aromatic heterocycles. The molecule has 0 spiro atoms. The number of aromatic nitrogens is 2. The molecular formula is C39H26N2. The zero-order chi connectivity index (χ0) is 27.3. The van der Waals surface area contributed by atoms with Crippen molar-refractivity contribution in [3.05, 3.63) is 145 Å². The molecule has 0 radical (unpaired) electrons. The average molecular weight is 523 g/mol. The number of hydrogen-bond acceptors (Lipinski definition) is 2. The molecule has 2 heteroatoms. The summed E-state index contributed by atoms with van der Waals surface area (Å²) in [6.07, 6.45) is 1.91. The van der Waals surface area contributed by atoms with E-state index in [0.717, 1.165) is 44.2 Å². The van der Waals surface area contributed by atoms with E-state index >= 15 is 0 Å². The van der Waals surface area contributed by atoms with Gasteiger partial charge in [-0.05, 0) is 68.9 Å². The van der Waals surface area contributed by atoms with Gasteiger partial charge in [0.15, 0.2) is 0 Å². The van der Waals surface area contributed by atoms with Crippen LogP contribution in [0.5, 0.6) is 0 Å². The lowest BCUT2D eigenvalue weighted by atomic mass is 9.92. The van der Waals surface area contributed by atoms with Crippen LogP contribution in [0.1, 0.15) is 5.56 Å². The van der Waals surface area contributed by atoms with Crippen LogP contribution in [0.4, 0.5) is 0 Å². The molecular weight excluding hydrogens is 496 g/mol. The number of hydrogen-bond donors (Lipinski definition) is 0. The van der Waals surface area contributed by atoms with E-state index in [9.17, 15) is 0 Å². The maximum absolute atomic E-state index is 5.41. The second-order valence-electron chi connectivity index (χ2n) is 10.7. The summed E-state index contributed by atoms with van der Waals surface area (Å²) in [6, 6.07) is 47.6. The predicted molar refractivity (Wildman–Crippen MR) is 173 cm³/mol. The van der Waals surface area contributed by atoms with Gasteiger partial charge in [0.1, 0.15) is 0 Å². The van der Waals surface area contributed by atoms with Crippen LogP contribution in [0, 0.1) is 6.92 Å². The highest BCUT2D eigenvalue weighted by Crippen LogP contribution is 2.40. The summed E-state index contributed by atoms with van der Waals surface area (Å²) in [7, 11) is 0. The summed E-state index contributed by atoms with van der Waals surface area (Å²) in [5, 5.41) is 7.14. The van der Waals surface area contributed by atoms with Gasteiger partial charge in [-0.2, -0.15) is 0 Å². The van der Waals surface area contributed by atoms with Gasteiger partial charge in [-0.25, -0.2) is 4.98 Å². The first-order valence-corrected chi connectivity index (χ1v) is 14.0. The Hall–Kier alpha value is -5.34. The van der Waals surface area contributed by atoms with E-state index in [1.54, 1.807) is 0 Å². The highest BCUT2D eigenvalue weighted by molar-refractivity contribution is 6.16. The van der Waals surface area contributed by atoms with Crippen molar-refractivity contribution in [3.8, 4) is 33.5 Å². The molecule has 2 nitrogen and oxygen atoms in total. The lowest BCUT2D eigenvalue weighted by Crippen LogP contribution is -1.94. The topological polar surface area (TPSA) is 25.8 Å². The Bertz CT molecular complexity index is 2250. The van der Waals surface area contributed by atoms with Crippen molar-refractivity contribution in [3.63, 3.8) is 0 Å². The van der Waals surface area contributed by atoms with Gasteiger partial charge in [0.2, 0.25) is 0 Å². The first-order valence-electron chi connectivity index (χ1n) is 14.0. The third-order valence-corrected chi connectivity index (χ3v) is 8.15. The number of rotatable bonds is 3. The van der Waals surface area contributed by atoms with Crippen LogP contribution in [0.2, 0.25) is 0 Å². The van der Waals surface area contributed by atoms with Crippen LogP contribution >= 0.6 is 0 Å². The van der Waals surface area contributed by atoms with Crippen molar-refractivity contribution in [2.24, 2.45) is 0 Å². The van der Waals surface area contributed by atoms with Crippen molar-refractivity contribution < 1.29 is 0 Å². The molecule has 0 unspecified atom stereocenters. The molecule has 0 saturated heterocycles. The molecule has 0 atom stereocenters. The van der Waals surface area contributed by atoms with Crippen molar-refractivity contribution in [1.82, 2.24) is 9.97 Å². The molecule has 8 rings (SSSR count). The summed E-state index contributed by atoms with van der Waals surface area (Å²) in [4.78, 5) is 10.3. The highest BCUT2D eigenvalue weighted by atomic mass is 14.8. The minimum atomic E-state index is 0.920. The molecule has 0 N–H and O–H groups in total. The second kappa shape index (κ2) is 9.39. The van der Waals surface area contributed by atoms with Gasteiger partial charge in [-0.3, -0.25) is 4.98 Å². The molecule has 0 aliphatic rings. The average Bonchev–Trinajstić information content (AvgIpc) is 3.04. The van der Waals surface area contributed by atoms with E-state index in [2.05, 4.69) is 140 Å². The monoisotopic (exact) mass is 522 g/mol. The van der Waals surface area contributed by atoms with Gasteiger partial charge in [0.05, 0.1) is 16.7 Å². The summed E-state index contributed by atoms with van der Waals surface area (Å²) in [5.41, 5.74) is 9.85. The molecule has 0 aliphatic heterocycles. The second-order valence-corrected chi connectivity index (χ2v) is 10.7. The third kappa shape index (κ3) is 3.88. The Kier molecular flexibility index (Phi) is 5.39. The van der Waals surface area contributed by atoms with Crippen molar-refractivity contribution in [1.29, 1.82) is 0 Å². The highest BCUT2D eigenvalue weighted by Gasteiger charge is 2.17. The van der Waals surface area contributed by atoms with Crippen molar-refractivity contribution in [2.45, 2.75) is 6.92 Å². The van der Waals surface area contributed by atoms with Gasteiger partial charge in [0, 0.05) is 22.5 Å². The predicted octanol–water partition coefficient (Wildman–Crippen LogP) is 10.4. The quantitative estimate of drug-likeness (QED) is 0.216. The van der Waals surface area contributed by atoms with Gasteiger partial charge < -0.3 is 0 Å². The molecule has 0 saturated carbocycles.